The third kappa shape index (κ3) is 4.81. The number of ether oxygens (including phenoxy) is 1. The highest BCUT2D eigenvalue weighted by atomic mass is 19.4. The van der Waals surface area contributed by atoms with E-state index in [9.17, 15) is 30.7 Å². The highest BCUT2D eigenvalue weighted by Crippen LogP contribution is 2.33. The Balaban J connectivity index is 2.71. The Bertz CT molecular complexity index is 464. The number of hydrogen-bond acceptors (Lipinski definition) is 3. The molecule has 1 aromatic rings. The maximum Gasteiger partial charge on any atom is 0.416 e. The van der Waals surface area contributed by atoms with Gasteiger partial charge in [-0.05, 0) is 6.07 Å². The standard InChI is InChI=1S/C11H11F7N2O/c12-9(13)10(14,15)5-21-4-8(19)6-3-20-2-1-7(6)11(16,17)18/h1-3,8-9H,4-5,19H2. The van der Waals surface area contributed by atoms with E-state index >= 15 is 0 Å². The molecule has 0 bridgehead atoms. The molecule has 1 unspecified atom stereocenters. The van der Waals surface area contributed by atoms with Crippen LogP contribution in [0.1, 0.15) is 17.2 Å². The topological polar surface area (TPSA) is 48.1 Å². The molecule has 21 heavy (non-hydrogen) atoms. The minimum atomic E-state index is -4.71. The van der Waals surface area contributed by atoms with Crippen LogP contribution < -0.4 is 5.73 Å². The van der Waals surface area contributed by atoms with Gasteiger partial charge in [0, 0.05) is 18.0 Å². The molecule has 0 spiro atoms. The molecule has 0 aliphatic heterocycles. The molecule has 2 N–H and O–H groups in total. The third-order valence-electron chi connectivity index (χ3n) is 2.47. The first-order valence-corrected chi connectivity index (χ1v) is 5.56. The van der Waals surface area contributed by atoms with E-state index in [1.165, 1.54) is 0 Å². The van der Waals surface area contributed by atoms with Crippen molar-refractivity contribution in [3.05, 3.63) is 29.6 Å². The molecular weight excluding hydrogens is 309 g/mol. The Labute approximate surface area is 114 Å². The van der Waals surface area contributed by atoms with Gasteiger partial charge < -0.3 is 10.5 Å². The van der Waals surface area contributed by atoms with Crippen molar-refractivity contribution in [1.29, 1.82) is 0 Å². The van der Waals surface area contributed by atoms with Gasteiger partial charge in [0.2, 0.25) is 0 Å². The maximum absolute atomic E-state index is 12.7. The van der Waals surface area contributed by atoms with Gasteiger partial charge >= 0.3 is 18.5 Å². The molecule has 0 saturated carbocycles. The summed E-state index contributed by atoms with van der Waals surface area (Å²) in [5.41, 5.74) is 3.84. The number of nitrogens with zero attached hydrogens (tertiary/aromatic N) is 1. The Morgan fingerprint density at radius 1 is 1.19 bits per heavy atom. The van der Waals surface area contributed by atoms with Crippen LogP contribution in [-0.4, -0.2) is 30.5 Å². The lowest BCUT2D eigenvalue weighted by Crippen LogP contribution is -2.34. The SMILES string of the molecule is NC(COCC(F)(F)C(F)F)c1cnccc1C(F)(F)F. The largest absolute Gasteiger partial charge is 0.416 e. The van der Waals surface area contributed by atoms with E-state index in [-0.39, 0.29) is 0 Å². The van der Waals surface area contributed by atoms with Gasteiger partial charge in [0.1, 0.15) is 6.61 Å². The van der Waals surface area contributed by atoms with Gasteiger partial charge in [-0.1, -0.05) is 0 Å². The molecule has 120 valence electrons. The lowest BCUT2D eigenvalue weighted by atomic mass is 10.0. The van der Waals surface area contributed by atoms with Crippen molar-refractivity contribution in [3.8, 4) is 0 Å². The summed E-state index contributed by atoms with van der Waals surface area (Å²) in [7, 11) is 0. The zero-order chi connectivity index (χ0) is 16.3. The quantitative estimate of drug-likeness (QED) is 0.820. The van der Waals surface area contributed by atoms with Crippen LogP contribution in [0.15, 0.2) is 18.5 Å². The van der Waals surface area contributed by atoms with Crippen LogP contribution in [0.25, 0.3) is 0 Å². The molecular formula is C11H11F7N2O. The Hall–Kier alpha value is -1.42. The molecule has 1 atom stereocenters. The summed E-state index contributed by atoms with van der Waals surface area (Å²) in [6.45, 7) is -2.42. The van der Waals surface area contributed by atoms with Crippen molar-refractivity contribution in [3.63, 3.8) is 0 Å². The highest BCUT2D eigenvalue weighted by molar-refractivity contribution is 5.29. The summed E-state index contributed by atoms with van der Waals surface area (Å²) >= 11 is 0. The molecule has 0 radical (unpaired) electrons. The number of alkyl halides is 7. The smallest absolute Gasteiger partial charge is 0.373 e. The van der Waals surface area contributed by atoms with Gasteiger partial charge in [-0.25, -0.2) is 8.78 Å². The first-order valence-electron chi connectivity index (χ1n) is 5.56. The summed E-state index contributed by atoms with van der Waals surface area (Å²) in [6.07, 6.45) is -6.92. The van der Waals surface area contributed by atoms with Gasteiger partial charge in [0.05, 0.1) is 18.2 Å². The van der Waals surface area contributed by atoms with Crippen molar-refractivity contribution in [2.24, 2.45) is 5.73 Å². The summed E-state index contributed by atoms with van der Waals surface area (Å²) in [6, 6.07) is -0.757. The molecule has 1 aromatic heterocycles. The average Bonchev–Trinajstić information content (AvgIpc) is 2.37. The zero-order valence-corrected chi connectivity index (χ0v) is 10.4. The van der Waals surface area contributed by atoms with E-state index in [2.05, 4.69) is 9.72 Å². The second kappa shape index (κ2) is 6.56. The van der Waals surface area contributed by atoms with E-state index in [0.29, 0.717) is 6.07 Å². The zero-order valence-electron chi connectivity index (χ0n) is 10.4. The first kappa shape index (κ1) is 17.6. The number of hydrogen-bond donors (Lipinski definition) is 1. The predicted molar refractivity (Wildman–Crippen MR) is 57.9 cm³/mol. The van der Waals surface area contributed by atoms with Crippen LogP contribution in [0.3, 0.4) is 0 Å². The normalized spacial score (nSPS) is 14.5. The fourth-order valence-corrected chi connectivity index (χ4v) is 1.44. The molecule has 1 rings (SSSR count). The minimum Gasteiger partial charge on any atom is -0.373 e. The van der Waals surface area contributed by atoms with Crippen LogP contribution >= 0.6 is 0 Å². The van der Waals surface area contributed by atoms with Crippen molar-refractivity contribution in [2.45, 2.75) is 24.6 Å². The fourth-order valence-electron chi connectivity index (χ4n) is 1.44. The second-order valence-corrected chi connectivity index (χ2v) is 4.14. The third-order valence-corrected chi connectivity index (χ3v) is 2.47. The molecule has 0 aliphatic carbocycles. The minimum absolute atomic E-state index is 0.467. The molecule has 10 heteroatoms. The fraction of sp³-hybridized carbons (Fsp3) is 0.545. The summed E-state index contributed by atoms with van der Waals surface area (Å²) < 4.78 is 91.2. The van der Waals surface area contributed by atoms with Crippen molar-refractivity contribution in [1.82, 2.24) is 4.98 Å². The Morgan fingerprint density at radius 2 is 1.81 bits per heavy atom. The van der Waals surface area contributed by atoms with Crippen molar-refractivity contribution < 1.29 is 35.5 Å². The van der Waals surface area contributed by atoms with Crippen LogP contribution in [0.4, 0.5) is 30.7 Å². The predicted octanol–water partition coefficient (Wildman–Crippen LogP) is 3.02. The summed E-state index contributed by atoms with van der Waals surface area (Å²) in [4.78, 5) is 3.46. The first-order chi connectivity index (χ1) is 9.55. The van der Waals surface area contributed by atoms with Gasteiger partial charge in [0.25, 0.3) is 0 Å². The summed E-state index contributed by atoms with van der Waals surface area (Å²) in [5, 5.41) is 0. The maximum atomic E-state index is 12.7. The molecule has 0 fully saturated rings. The molecule has 3 nitrogen and oxygen atoms in total. The highest BCUT2D eigenvalue weighted by Gasteiger charge is 2.41. The van der Waals surface area contributed by atoms with E-state index in [4.69, 9.17) is 5.73 Å². The van der Waals surface area contributed by atoms with Crippen LogP contribution in [0.2, 0.25) is 0 Å². The number of pyridine rings is 1. The second-order valence-electron chi connectivity index (χ2n) is 4.14. The lowest BCUT2D eigenvalue weighted by molar-refractivity contribution is -0.166. The molecule has 1 heterocycles. The summed E-state index contributed by atoms with van der Waals surface area (Å²) in [5.74, 6) is -4.39. The van der Waals surface area contributed by atoms with Gasteiger partial charge in [-0.15, -0.1) is 0 Å². The van der Waals surface area contributed by atoms with Gasteiger partial charge in [-0.2, -0.15) is 22.0 Å². The van der Waals surface area contributed by atoms with Gasteiger partial charge in [0.15, 0.2) is 0 Å². The number of halogens is 7. The molecule has 0 amide bonds. The van der Waals surface area contributed by atoms with Crippen molar-refractivity contribution >= 4 is 0 Å². The van der Waals surface area contributed by atoms with Crippen LogP contribution in [0.5, 0.6) is 0 Å². The van der Waals surface area contributed by atoms with E-state index in [1.807, 2.05) is 0 Å². The van der Waals surface area contributed by atoms with E-state index in [1.54, 1.807) is 0 Å². The Kier molecular flexibility index (Phi) is 5.51. The molecule has 0 aliphatic rings. The number of aromatic nitrogens is 1. The molecule has 0 aromatic carbocycles. The average molecular weight is 320 g/mol. The lowest BCUT2D eigenvalue weighted by Gasteiger charge is -2.20. The number of nitrogens with two attached hydrogens (primary N) is 1. The van der Waals surface area contributed by atoms with Crippen molar-refractivity contribution in [2.75, 3.05) is 13.2 Å². The van der Waals surface area contributed by atoms with E-state index in [0.717, 1.165) is 12.4 Å². The van der Waals surface area contributed by atoms with Crippen LogP contribution in [-0.2, 0) is 10.9 Å². The van der Waals surface area contributed by atoms with Gasteiger partial charge in [-0.3, -0.25) is 4.98 Å². The molecule has 0 saturated heterocycles. The van der Waals surface area contributed by atoms with E-state index < -0.39 is 48.9 Å². The monoisotopic (exact) mass is 320 g/mol. The Morgan fingerprint density at radius 3 is 2.33 bits per heavy atom. The number of rotatable bonds is 6. The van der Waals surface area contributed by atoms with Crippen LogP contribution in [0, 0.1) is 0 Å².